The number of nitrogens with one attached hydrogen (secondary N) is 2. The van der Waals surface area contributed by atoms with E-state index in [1.807, 2.05) is 24.3 Å². The van der Waals surface area contributed by atoms with Crippen LogP contribution in [0.2, 0.25) is 0 Å². The Labute approximate surface area is 249 Å². The lowest BCUT2D eigenvalue weighted by atomic mass is 10.1. The summed E-state index contributed by atoms with van der Waals surface area (Å²) in [5, 5.41) is 15.9. The van der Waals surface area contributed by atoms with E-state index in [-0.39, 0.29) is 30.8 Å². The second-order valence-corrected chi connectivity index (χ2v) is 10.2. The fraction of sp³-hybridized carbons (Fsp3) is 0.323. The normalized spacial score (nSPS) is 14.8. The highest BCUT2D eigenvalue weighted by Crippen LogP contribution is 2.29. The summed E-state index contributed by atoms with van der Waals surface area (Å²) in [5.41, 5.74) is 9.81. The quantitative estimate of drug-likeness (QED) is 0.197. The van der Waals surface area contributed by atoms with Crippen molar-refractivity contribution in [1.82, 2.24) is 24.8 Å². The number of rotatable bonds is 6. The summed E-state index contributed by atoms with van der Waals surface area (Å²) in [6, 6.07) is 13.5. The molecule has 0 aliphatic carbocycles. The monoisotopic (exact) mass is 588 g/mol. The number of hydrogen-bond acceptors (Lipinski definition) is 7. The Morgan fingerprint density at radius 2 is 1.93 bits per heavy atom. The molecular formula is C31H37FN8O3. The summed E-state index contributed by atoms with van der Waals surface area (Å²) in [7, 11) is 3.90. The fourth-order valence-electron chi connectivity index (χ4n) is 4.73. The first-order valence-electron chi connectivity index (χ1n) is 14.0. The predicted octanol–water partition coefficient (Wildman–Crippen LogP) is 3.82. The van der Waals surface area contributed by atoms with Crippen LogP contribution in [0.4, 0.5) is 4.39 Å². The molecule has 2 aromatic heterocycles. The molecule has 0 spiro atoms. The van der Waals surface area contributed by atoms with Crippen LogP contribution in [0.5, 0.6) is 5.75 Å². The van der Waals surface area contributed by atoms with Crippen molar-refractivity contribution in [2.75, 3.05) is 40.4 Å². The first-order chi connectivity index (χ1) is 20.8. The topological polar surface area (TPSA) is 157 Å². The maximum absolute atomic E-state index is 12.7. The molecule has 2 aliphatic rings. The zero-order valence-corrected chi connectivity index (χ0v) is 24.4. The molecule has 2 aromatic carbocycles. The van der Waals surface area contributed by atoms with E-state index in [1.165, 1.54) is 44.5 Å². The van der Waals surface area contributed by atoms with E-state index in [4.69, 9.17) is 21.0 Å². The molecular weight excluding hydrogens is 551 g/mol. The number of aliphatic hydroxyl groups is 1. The Hall–Kier alpha value is -4.68. The van der Waals surface area contributed by atoms with E-state index >= 15 is 0 Å². The molecule has 1 saturated heterocycles. The van der Waals surface area contributed by atoms with Crippen LogP contribution in [-0.2, 0) is 6.54 Å². The van der Waals surface area contributed by atoms with Gasteiger partial charge >= 0.3 is 0 Å². The molecule has 226 valence electrons. The number of benzene rings is 2. The average molecular weight is 589 g/mol. The second-order valence-electron chi connectivity index (χ2n) is 10.2. The molecule has 0 bridgehead atoms. The van der Waals surface area contributed by atoms with Crippen LogP contribution in [0.25, 0.3) is 22.4 Å². The summed E-state index contributed by atoms with van der Waals surface area (Å²) in [6.07, 6.45) is 6.76. The van der Waals surface area contributed by atoms with Gasteiger partial charge in [0, 0.05) is 19.2 Å². The third-order valence-electron chi connectivity index (χ3n) is 6.96. The number of aliphatic imine (C=N–C) groups is 1. The first kappa shape index (κ1) is 31.3. The number of H-pyrrole nitrogens is 1. The number of hydrogen-bond donors (Lipinski definition) is 4. The number of likely N-dealkylation sites (tertiary alicyclic amines) is 1. The highest BCUT2D eigenvalue weighted by atomic mass is 19.1. The minimum atomic E-state index is -0.350. The van der Waals surface area contributed by atoms with Crippen molar-refractivity contribution in [2.24, 2.45) is 10.7 Å². The maximum atomic E-state index is 12.7. The molecule has 0 atom stereocenters. The van der Waals surface area contributed by atoms with Gasteiger partial charge in [-0.2, -0.15) is 0 Å². The Morgan fingerprint density at radius 3 is 2.63 bits per heavy atom. The number of ether oxygens (including phenoxy) is 1. The highest BCUT2D eigenvalue weighted by Gasteiger charge is 2.24. The minimum Gasteiger partial charge on any atom is -0.490 e. The number of nitrogens with zero attached hydrogens (tertiary/aromatic N) is 5. The molecule has 11 nitrogen and oxygen atoms in total. The third kappa shape index (κ3) is 8.21. The summed E-state index contributed by atoms with van der Waals surface area (Å²) in [4.78, 5) is 30.9. The number of carbonyl (C=O) groups is 1. The number of fused-ring (bicyclic) bond motifs is 2. The Bertz CT molecular complexity index is 1580. The molecule has 43 heavy (non-hydrogen) atoms. The number of para-hydroxylation sites is 1. The molecule has 0 radical (unpaired) electrons. The van der Waals surface area contributed by atoms with Crippen molar-refractivity contribution >= 4 is 29.1 Å². The van der Waals surface area contributed by atoms with Gasteiger partial charge in [-0.15, -0.1) is 0 Å². The van der Waals surface area contributed by atoms with E-state index in [0.717, 1.165) is 23.0 Å². The number of halogens is 1. The molecule has 5 N–H and O–H groups in total. The summed E-state index contributed by atoms with van der Waals surface area (Å²) < 4.78 is 18.2. The Balaban J connectivity index is 0.000000182. The van der Waals surface area contributed by atoms with Gasteiger partial charge in [-0.3, -0.25) is 15.2 Å². The van der Waals surface area contributed by atoms with Crippen molar-refractivity contribution in [1.29, 1.82) is 5.41 Å². The number of imidazole rings is 1. The lowest BCUT2D eigenvalue weighted by Crippen LogP contribution is -2.24. The number of nitrogens with two attached hydrogens (primary N) is 1. The number of amides is 1. The number of amidine groups is 1. The van der Waals surface area contributed by atoms with Crippen LogP contribution in [0.15, 0.2) is 59.7 Å². The number of aliphatic hydroxyl groups excluding tert-OH is 1. The van der Waals surface area contributed by atoms with Crippen LogP contribution >= 0.6 is 0 Å². The SMILES string of the molecule is CN1CCCCC1.CN1Cc2ccc(F)cc2C1=O.N=CN=C(N)c1cc2nc(-c3ccccc3OCCO)[nH]c2cn1. The van der Waals surface area contributed by atoms with Crippen LogP contribution in [0.1, 0.15) is 40.9 Å². The van der Waals surface area contributed by atoms with Crippen molar-refractivity contribution in [3.63, 3.8) is 0 Å². The Morgan fingerprint density at radius 1 is 1.16 bits per heavy atom. The summed E-state index contributed by atoms with van der Waals surface area (Å²) in [6.45, 7) is 3.38. The van der Waals surface area contributed by atoms with E-state index in [9.17, 15) is 9.18 Å². The maximum Gasteiger partial charge on any atom is 0.254 e. The third-order valence-corrected chi connectivity index (χ3v) is 6.96. The molecule has 6 rings (SSSR count). The van der Waals surface area contributed by atoms with Crippen molar-refractivity contribution in [3.8, 4) is 17.1 Å². The van der Waals surface area contributed by atoms with E-state index in [0.29, 0.717) is 34.9 Å². The minimum absolute atomic E-state index is 0.0621. The van der Waals surface area contributed by atoms with Crippen LogP contribution in [0.3, 0.4) is 0 Å². The lowest BCUT2D eigenvalue weighted by molar-refractivity contribution is 0.0816. The van der Waals surface area contributed by atoms with Crippen LogP contribution in [-0.4, -0.2) is 88.3 Å². The zero-order valence-electron chi connectivity index (χ0n) is 24.4. The molecule has 0 saturated carbocycles. The molecule has 0 unspecified atom stereocenters. The zero-order chi connectivity index (χ0) is 30.8. The van der Waals surface area contributed by atoms with Gasteiger partial charge < -0.3 is 30.4 Å². The van der Waals surface area contributed by atoms with Crippen molar-refractivity contribution in [2.45, 2.75) is 25.8 Å². The summed E-state index contributed by atoms with van der Waals surface area (Å²) >= 11 is 0. The standard InChI is InChI=1S/C16H16N6O2.C9H8FNO.C6H13N/c17-9-20-15(18)12-7-11-13(8-19-12)22-16(21-11)10-3-1-2-4-14(10)24-6-5-23;1-11-5-6-2-3-7(10)4-8(6)9(11)12;1-7-5-3-2-4-6-7/h1-4,7-9,23H,5-6H2,(H,21,22)(H3,17,18,20);2-4H,5H2,1H3;2-6H2,1H3. The van der Waals surface area contributed by atoms with Gasteiger partial charge in [0.1, 0.15) is 36.0 Å². The van der Waals surface area contributed by atoms with E-state index in [1.54, 1.807) is 30.3 Å². The molecule has 1 amide bonds. The first-order valence-corrected chi connectivity index (χ1v) is 14.0. The van der Waals surface area contributed by atoms with Crippen LogP contribution < -0.4 is 10.5 Å². The molecule has 2 aliphatic heterocycles. The van der Waals surface area contributed by atoms with Gasteiger partial charge in [-0.25, -0.2) is 14.4 Å². The fourth-order valence-corrected chi connectivity index (χ4v) is 4.73. The lowest BCUT2D eigenvalue weighted by Gasteiger charge is -2.20. The van der Waals surface area contributed by atoms with Gasteiger partial charge in [0.15, 0.2) is 5.84 Å². The van der Waals surface area contributed by atoms with Crippen LogP contribution in [0, 0.1) is 11.2 Å². The molecule has 1 fully saturated rings. The number of aromatic amines is 1. The van der Waals surface area contributed by atoms with Gasteiger partial charge in [0.25, 0.3) is 5.91 Å². The van der Waals surface area contributed by atoms with Crippen molar-refractivity contribution < 1.29 is 19.0 Å². The second kappa shape index (κ2) is 15.0. The van der Waals surface area contributed by atoms with E-state index in [2.05, 4.69) is 31.9 Å². The van der Waals surface area contributed by atoms with Gasteiger partial charge in [0.05, 0.1) is 29.4 Å². The van der Waals surface area contributed by atoms with Gasteiger partial charge in [0.2, 0.25) is 0 Å². The predicted molar refractivity (Wildman–Crippen MR) is 165 cm³/mol. The van der Waals surface area contributed by atoms with Crippen molar-refractivity contribution in [3.05, 3.63) is 77.4 Å². The molecule has 4 aromatic rings. The number of carbonyl (C=O) groups excluding carboxylic acids is 1. The smallest absolute Gasteiger partial charge is 0.254 e. The average Bonchev–Trinajstić information content (AvgIpc) is 3.57. The molecule has 12 heteroatoms. The van der Waals surface area contributed by atoms with Gasteiger partial charge in [-0.1, -0.05) is 24.6 Å². The highest BCUT2D eigenvalue weighted by molar-refractivity contribution is 6.01. The Kier molecular flexibility index (Phi) is 10.9. The number of pyridine rings is 1. The van der Waals surface area contributed by atoms with E-state index < -0.39 is 0 Å². The summed E-state index contributed by atoms with van der Waals surface area (Å²) in [5.74, 6) is 0.966. The largest absolute Gasteiger partial charge is 0.490 e. The number of piperidine rings is 1. The molecule has 4 heterocycles. The number of aromatic nitrogens is 3. The van der Waals surface area contributed by atoms with Gasteiger partial charge in [-0.05, 0) is 68.9 Å².